The van der Waals surface area contributed by atoms with E-state index in [9.17, 15) is 24.0 Å². The van der Waals surface area contributed by atoms with Gasteiger partial charge in [0, 0.05) is 32.1 Å². The van der Waals surface area contributed by atoms with Gasteiger partial charge in [-0.15, -0.1) is 0 Å². The SMILES string of the molecule is CC(C)CC(=O)NCCC(=O)N1NCCC[C@H]1C(=O)N[C@@H](C(=O)COC(=O)c1ccccn1)C(C)C. The summed E-state index contributed by atoms with van der Waals surface area (Å²) in [4.78, 5) is 66.5. The number of hydrogen-bond donors (Lipinski definition) is 3. The third kappa shape index (κ3) is 9.03. The first-order valence-corrected chi connectivity index (χ1v) is 12.3. The second kappa shape index (κ2) is 14.3. The average Bonchev–Trinajstić information content (AvgIpc) is 2.85. The van der Waals surface area contributed by atoms with Gasteiger partial charge in [0.05, 0.1) is 6.04 Å². The molecule has 0 aliphatic carbocycles. The van der Waals surface area contributed by atoms with Crippen LogP contribution in [0.2, 0.25) is 0 Å². The molecule has 3 amide bonds. The molecule has 1 fully saturated rings. The molecule has 1 aliphatic heterocycles. The number of Topliss-reactive ketones (excluding diaryl/α,β-unsaturated/α-hetero) is 1. The standard InChI is InChI=1S/C25H37N5O6/c1-16(2)14-21(32)27-13-10-22(33)30-19(9-7-12-28-30)24(34)29-23(17(3)4)20(31)15-36-25(35)18-8-5-6-11-26-18/h5-6,8,11,16-17,19,23,28H,7,9-10,12-15H2,1-4H3,(H,27,32)(H,29,34)/t19-,23+/m0/s1. The number of carbonyl (C=O) groups excluding carboxylic acids is 5. The van der Waals surface area contributed by atoms with Crippen molar-refractivity contribution in [2.75, 3.05) is 19.7 Å². The number of nitrogens with zero attached hydrogens (tertiary/aromatic N) is 2. The molecule has 1 aromatic rings. The van der Waals surface area contributed by atoms with Crippen LogP contribution in [0.25, 0.3) is 0 Å². The van der Waals surface area contributed by atoms with Gasteiger partial charge >= 0.3 is 5.97 Å². The van der Waals surface area contributed by atoms with Crippen LogP contribution in [0, 0.1) is 11.8 Å². The van der Waals surface area contributed by atoms with Crippen molar-refractivity contribution in [3.63, 3.8) is 0 Å². The first-order valence-electron chi connectivity index (χ1n) is 12.3. The minimum Gasteiger partial charge on any atom is -0.453 e. The Labute approximate surface area is 211 Å². The molecular formula is C25H37N5O6. The quantitative estimate of drug-likeness (QED) is 0.358. The van der Waals surface area contributed by atoms with Gasteiger partial charge in [0.15, 0.2) is 12.4 Å². The van der Waals surface area contributed by atoms with E-state index in [1.54, 1.807) is 26.0 Å². The van der Waals surface area contributed by atoms with Crippen LogP contribution in [0.1, 0.15) is 63.9 Å². The molecule has 1 saturated heterocycles. The second-order valence-electron chi connectivity index (χ2n) is 9.52. The van der Waals surface area contributed by atoms with Crippen LogP contribution in [0.15, 0.2) is 24.4 Å². The Morgan fingerprint density at radius 3 is 2.56 bits per heavy atom. The molecule has 0 spiro atoms. The number of aromatic nitrogens is 1. The Hall–Kier alpha value is -3.34. The molecule has 1 aliphatic rings. The van der Waals surface area contributed by atoms with Crippen molar-refractivity contribution < 1.29 is 28.7 Å². The number of rotatable bonds is 12. The minimum atomic E-state index is -0.900. The fraction of sp³-hybridized carbons (Fsp3) is 0.600. The Morgan fingerprint density at radius 2 is 1.92 bits per heavy atom. The van der Waals surface area contributed by atoms with Crippen LogP contribution < -0.4 is 16.1 Å². The number of carbonyl (C=O) groups is 5. The van der Waals surface area contributed by atoms with Crippen molar-refractivity contribution in [1.29, 1.82) is 0 Å². The number of ketones is 1. The number of nitrogens with one attached hydrogen (secondary N) is 3. The van der Waals surface area contributed by atoms with Crippen molar-refractivity contribution in [1.82, 2.24) is 26.1 Å². The maximum Gasteiger partial charge on any atom is 0.357 e. The number of esters is 1. The third-order valence-corrected chi connectivity index (χ3v) is 5.61. The summed E-state index contributed by atoms with van der Waals surface area (Å²) in [5.41, 5.74) is 3.04. The number of ether oxygens (including phenoxy) is 1. The highest BCUT2D eigenvalue weighted by Gasteiger charge is 2.35. The fourth-order valence-corrected chi connectivity index (χ4v) is 3.77. The van der Waals surface area contributed by atoms with Crippen molar-refractivity contribution in [3.05, 3.63) is 30.1 Å². The summed E-state index contributed by atoms with van der Waals surface area (Å²) in [5.74, 6) is -2.16. The van der Waals surface area contributed by atoms with Crippen molar-refractivity contribution >= 4 is 29.5 Å². The monoisotopic (exact) mass is 503 g/mol. The smallest absolute Gasteiger partial charge is 0.357 e. The molecule has 0 bridgehead atoms. The van der Waals surface area contributed by atoms with Gasteiger partial charge in [-0.2, -0.15) is 0 Å². The van der Waals surface area contributed by atoms with E-state index in [1.807, 2.05) is 13.8 Å². The van der Waals surface area contributed by atoms with Gasteiger partial charge in [-0.25, -0.2) is 15.2 Å². The first-order chi connectivity index (χ1) is 17.1. The van der Waals surface area contributed by atoms with Gasteiger partial charge in [0.25, 0.3) is 0 Å². The van der Waals surface area contributed by atoms with E-state index in [0.717, 1.165) is 0 Å². The van der Waals surface area contributed by atoms with Crippen LogP contribution in [0.5, 0.6) is 0 Å². The van der Waals surface area contributed by atoms with Crippen LogP contribution in [-0.2, 0) is 23.9 Å². The van der Waals surface area contributed by atoms with E-state index in [0.29, 0.717) is 25.8 Å². The Kier molecular flexibility index (Phi) is 11.5. The predicted molar refractivity (Wildman–Crippen MR) is 131 cm³/mol. The molecule has 0 unspecified atom stereocenters. The summed E-state index contributed by atoms with van der Waals surface area (Å²) >= 11 is 0. The van der Waals surface area contributed by atoms with Gasteiger partial charge in [-0.1, -0.05) is 33.8 Å². The molecule has 36 heavy (non-hydrogen) atoms. The van der Waals surface area contributed by atoms with E-state index in [4.69, 9.17) is 4.74 Å². The van der Waals surface area contributed by atoms with Gasteiger partial charge in [-0.3, -0.25) is 24.2 Å². The molecular weight excluding hydrogens is 466 g/mol. The van der Waals surface area contributed by atoms with E-state index < -0.39 is 36.4 Å². The minimum absolute atomic E-state index is 0.0383. The second-order valence-corrected chi connectivity index (χ2v) is 9.52. The van der Waals surface area contributed by atoms with Crippen molar-refractivity contribution in [2.45, 2.75) is 65.5 Å². The Balaban J connectivity index is 1.94. The van der Waals surface area contributed by atoms with Crippen LogP contribution >= 0.6 is 0 Å². The van der Waals surface area contributed by atoms with E-state index in [1.165, 1.54) is 17.3 Å². The highest BCUT2D eigenvalue weighted by Crippen LogP contribution is 2.14. The van der Waals surface area contributed by atoms with Crippen LogP contribution in [0.3, 0.4) is 0 Å². The highest BCUT2D eigenvalue weighted by atomic mass is 16.5. The maximum absolute atomic E-state index is 13.1. The normalized spacial score (nSPS) is 16.4. The van der Waals surface area contributed by atoms with Gasteiger partial charge < -0.3 is 15.4 Å². The van der Waals surface area contributed by atoms with E-state index in [-0.39, 0.29) is 42.3 Å². The number of hydrazine groups is 1. The summed E-state index contributed by atoms with van der Waals surface area (Å²) in [5, 5.41) is 6.74. The first kappa shape index (κ1) is 28.9. The van der Waals surface area contributed by atoms with E-state index in [2.05, 4.69) is 21.0 Å². The molecule has 3 N–H and O–H groups in total. The summed E-state index contributed by atoms with van der Waals surface area (Å²) in [6.45, 7) is 7.60. The third-order valence-electron chi connectivity index (χ3n) is 5.61. The lowest BCUT2D eigenvalue weighted by Crippen LogP contribution is -2.61. The summed E-state index contributed by atoms with van der Waals surface area (Å²) in [6, 6.07) is 3.06. The topological polar surface area (TPSA) is 147 Å². The number of hydrogen-bond acceptors (Lipinski definition) is 8. The maximum atomic E-state index is 13.1. The Morgan fingerprint density at radius 1 is 1.17 bits per heavy atom. The average molecular weight is 504 g/mol. The molecule has 0 saturated carbocycles. The van der Waals surface area contributed by atoms with Crippen molar-refractivity contribution in [2.24, 2.45) is 11.8 Å². The predicted octanol–water partition coefficient (Wildman–Crippen LogP) is 0.996. The zero-order valence-electron chi connectivity index (χ0n) is 21.4. The summed E-state index contributed by atoms with van der Waals surface area (Å²) in [7, 11) is 0. The molecule has 2 atom stereocenters. The molecule has 11 heteroatoms. The molecule has 0 radical (unpaired) electrons. The van der Waals surface area contributed by atoms with E-state index >= 15 is 0 Å². The fourth-order valence-electron chi connectivity index (χ4n) is 3.77. The lowest BCUT2D eigenvalue weighted by molar-refractivity contribution is -0.147. The highest BCUT2D eigenvalue weighted by molar-refractivity contribution is 5.95. The molecule has 2 heterocycles. The molecule has 0 aromatic carbocycles. The lowest BCUT2D eigenvalue weighted by Gasteiger charge is -2.36. The largest absolute Gasteiger partial charge is 0.453 e. The van der Waals surface area contributed by atoms with Crippen LogP contribution in [0.4, 0.5) is 0 Å². The number of pyridine rings is 1. The molecule has 2 rings (SSSR count). The van der Waals surface area contributed by atoms with Gasteiger partial charge in [-0.05, 0) is 36.8 Å². The number of amides is 3. The molecule has 1 aromatic heterocycles. The molecule has 198 valence electrons. The summed E-state index contributed by atoms with van der Waals surface area (Å²) < 4.78 is 5.08. The summed E-state index contributed by atoms with van der Waals surface area (Å²) in [6.07, 6.45) is 2.97. The molecule has 11 nitrogen and oxygen atoms in total. The Bertz CT molecular complexity index is 921. The zero-order valence-corrected chi connectivity index (χ0v) is 21.4. The zero-order chi connectivity index (χ0) is 26.7. The lowest BCUT2D eigenvalue weighted by atomic mass is 9.98. The van der Waals surface area contributed by atoms with Gasteiger partial charge in [0.1, 0.15) is 11.7 Å². The van der Waals surface area contributed by atoms with Gasteiger partial charge in [0.2, 0.25) is 17.7 Å². The van der Waals surface area contributed by atoms with Crippen molar-refractivity contribution in [3.8, 4) is 0 Å². The van der Waals surface area contributed by atoms with Crippen LogP contribution in [-0.4, -0.2) is 71.2 Å².